The average molecular weight is 360 g/mol. The fourth-order valence-corrected chi connectivity index (χ4v) is 2.86. The molecule has 0 bridgehead atoms. The molecule has 26 heavy (non-hydrogen) atoms. The van der Waals surface area contributed by atoms with Crippen LogP contribution in [0.25, 0.3) is 10.9 Å². The van der Waals surface area contributed by atoms with Crippen LogP contribution in [0.2, 0.25) is 0 Å². The van der Waals surface area contributed by atoms with Crippen molar-refractivity contribution >= 4 is 16.6 Å². The van der Waals surface area contributed by atoms with Crippen molar-refractivity contribution in [1.82, 2.24) is 4.98 Å². The van der Waals surface area contributed by atoms with Crippen LogP contribution in [0.1, 0.15) is 59.3 Å². The van der Waals surface area contributed by atoms with Gasteiger partial charge < -0.3 is 19.8 Å². The Balaban J connectivity index is 2.32. The van der Waals surface area contributed by atoms with Crippen molar-refractivity contribution in [3.8, 4) is 11.5 Å². The van der Waals surface area contributed by atoms with Crippen molar-refractivity contribution in [3.05, 3.63) is 28.6 Å². The summed E-state index contributed by atoms with van der Waals surface area (Å²) in [6, 6.07) is 5.93. The van der Waals surface area contributed by atoms with Gasteiger partial charge in [-0.2, -0.15) is 0 Å². The summed E-state index contributed by atoms with van der Waals surface area (Å²) in [5.74, 6) is 0.872. The summed E-state index contributed by atoms with van der Waals surface area (Å²) >= 11 is 0. The van der Waals surface area contributed by atoms with Gasteiger partial charge in [0.2, 0.25) is 5.75 Å². The molecule has 0 aliphatic rings. The first-order valence-corrected chi connectivity index (χ1v) is 9.90. The van der Waals surface area contributed by atoms with Crippen LogP contribution in [0.3, 0.4) is 0 Å². The van der Waals surface area contributed by atoms with E-state index in [2.05, 4.69) is 24.1 Å². The van der Waals surface area contributed by atoms with Crippen molar-refractivity contribution in [3.63, 3.8) is 0 Å². The Kier molecular flexibility index (Phi) is 8.32. The van der Waals surface area contributed by atoms with Gasteiger partial charge in [-0.25, -0.2) is 0 Å². The summed E-state index contributed by atoms with van der Waals surface area (Å²) in [6.07, 6.45) is 6.43. The zero-order valence-electron chi connectivity index (χ0n) is 16.3. The van der Waals surface area contributed by atoms with Crippen molar-refractivity contribution < 1.29 is 9.47 Å². The highest BCUT2D eigenvalue weighted by Crippen LogP contribution is 2.33. The number of pyridine rings is 1. The van der Waals surface area contributed by atoms with E-state index in [9.17, 15) is 4.79 Å². The molecule has 2 aromatic rings. The summed E-state index contributed by atoms with van der Waals surface area (Å²) in [5.41, 5.74) is 1.51. The van der Waals surface area contributed by atoms with Crippen LogP contribution in [0, 0.1) is 0 Å². The zero-order valence-corrected chi connectivity index (χ0v) is 16.3. The van der Waals surface area contributed by atoms with E-state index in [1.54, 1.807) is 0 Å². The monoisotopic (exact) mass is 360 g/mol. The molecule has 0 atom stereocenters. The highest BCUT2D eigenvalue weighted by atomic mass is 16.5. The number of benzene rings is 1. The third-order valence-corrected chi connectivity index (χ3v) is 4.29. The minimum Gasteiger partial charge on any atom is -0.489 e. The molecule has 0 spiro atoms. The third-order valence-electron chi connectivity index (χ3n) is 4.29. The standard InChI is InChI=1S/C21H32N2O3/c1-4-7-9-10-14-25-19-17-12-11-16(22-6-3)15-18(17)23-21(24)20(19)26-13-8-5-2/h11-12,15,22H,4-10,13-14H2,1-3H3,(H,23,24). The Morgan fingerprint density at radius 2 is 1.65 bits per heavy atom. The van der Waals surface area contributed by atoms with Crippen LogP contribution in [-0.4, -0.2) is 24.7 Å². The maximum absolute atomic E-state index is 12.6. The van der Waals surface area contributed by atoms with Gasteiger partial charge >= 0.3 is 0 Å². The van der Waals surface area contributed by atoms with E-state index in [4.69, 9.17) is 9.47 Å². The van der Waals surface area contributed by atoms with Crippen molar-refractivity contribution in [1.29, 1.82) is 0 Å². The number of nitrogens with one attached hydrogen (secondary N) is 2. The van der Waals surface area contributed by atoms with E-state index in [1.165, 1.54) is 12.8 Å². The number of aromatic nitrogens is 1. The first-order valence-electron chi connectivity index (χ1n) is 9.90. The molecule has 0 unspecified atom stereocenters. The SMILES string of the molecule is CCCCCCOc1c(OCCCC)c(=O)[nH]c2cc(NCC)ccc12. The number of hydrogen-bond donors (Lipinski definition) is 2. The Hall–Kier alpha value is -2.17. The summed E-state index contributed by atoms with van der Waals surface area (Å²) in [4.78, 5) is 15.5. The number of fused-ring (bicyclic) bond motifs is 1. The lowest BCUT2D eigenvalue weighted by Gasteiger charge is -2.15. The van der Waals surface area contributed by atoms with Crippen molar-refractivity contribution in [2.45, 2.75) is 59.3 Å². The normalized spacial score (nSPS) is 10.9. The second-order valence-electron chi connectivity index (χ2n) is 6.51. The minimum atomic E-state index is -0.231. The predicted molar refractivity (Wildman–Crippen MR) is 109 cm³/mol. The second-order valence-corrected chi connectivity index (χ2v) is 6.51. The molecule has 5 heteroatoms. The van der Waals surface area contributed by atoms with E-state index >= 15 is 0 Å². The lowest BCUT2D eigenvalue weighted by molar-refractivity contribution is 0.260. The maximum atomic E-state index is 12.6. The number of ether oxygens (including phenoxy) is 2. The Morgan fingerprint density at radius 1 is 0.923 bits per heavy atom. The molecule has 0 aliphatic heterocycles. The van der Waals surface area contributed by atoms with Crippen LogP contribution >= 0.6 is 0 Å². The summed E-state index contributed by atoms with van der Waals surface area (Å²) in [6.45, 7) is 8.27. The summed E-state index contributed by atoms with van der Waals surface area (Å²) in [5, 5.41) is 4.15. The second kappa shape index (κ2) is 10.7. The molecule has 0 saturated heterocycles. The molecular weight excluding hydrogens is 328 g/mol. The fraction of sp³-hybridized carbons (Fsp3) is 0.571. The number of aromatic amines is 1. The molecule has 0 saturated carbocycles. The minimum absolute atomic E-state index is 0.231. The fourth-order valence-electron chi connectivity index (χ4n) is 2.86. The number of anilines is 1. The number of unbranched alkanes of at least 4 members (excludes halogenated alkanes) is 4. The van der Waals surface area contributed by atoms with E-state index in [1.807, 2.05) is 25.1 Å². The molecule has 1 heterocycles. The van der Waals surface area contributed by atoms with Crippen LogP contribution in [-0.2, 0) is 0 Å². The maximum Gasteiger partial charge on any atom is 0.294 e. The van der Waals surface area contributed by atoms with Gasteiger partial charge in [0.25, 0.3) is 5.56 Å². The van der Waals surface area contributed by atoms with Crippen LogP contribution in [0.15, 0.2) is 23.0 Å². The lowest BCUT2D eigenvalue weighted by atomic mass is 10.1. The molecule has 1 aromatic heterocycles. The first kappa shape index (κ1) is 20.1. The smallest absolute Gasteiger partial charge is 0.294 e. The molecule has 2 rings (SSSR count). The molecule has 0 amide bonds. The van der Waals surface area contributed by atoms with Gasteiger partial charge in [-0.15, -0.1) is 0 Å². The number of rotatable bonds is 12. The lowest BCUT2D eigenvalue weighted by Crippen LogP contribution is -2.15. The topological polar surface area (TPSA) is 63.4 Å². The van der Waals surface area contributed by atoms with Gasteiger partial charge in [-0.05, 0) is 38.0 Å². The highest BCUT2D eigenvalue weighted by molar-refractivity contribution is 5.89. The van der Waals surface area contributed by atoms with E-state index in [0.717, 1.165) is 48.8 Å². The van der Waals surface area contributed by atoms with Gasteiger partial charge in [-0.3, -0.25) is 4.79 Å². The van der Waals surface area contributed by atoms with Crippen molar-refractivity contribution in [2.75, 3.05) is 25.1 Å². The summed E-state index contributed by atoms with van der Waals surface area (Å²) in [7, 11) is 0. The molecule has 5 nitrogen and oxygen atoms in total. The van der Waals surface area contributed by atoms with Crippen LogP contribution < -0.4 is 20.3 Å². The molecular formula is C21H32N2O3. The number of hydrogen-bond acceptors (Lipinski definition) is 4. The Labute approximate surface area is 156 Å². The largest absolute Gasteiger partial charge is 0.489 e. The third kappa shape index (κ3) is 5.41. The summed E-state index contributed by atoms with van der Waals surface area (Å²) < 4.78 is 11.8. The van der Waals surface area contributed by atoms with Crippen LogP contribution in [0.5, 0.6) is 11.5 Å². The molecule has 1 aromatic carbocycles. The van der Waals surface area contributed by atoms with Gasteiger partial charge in [-0.1, -0.05) is 39.5 Å². The number of H-pyrrole nitrogens is 1. The molecule has 0 fully saturated rings. The van der Waals surface area contributed by atoms with Crippen molar-refractivity contribution in [2.24, 2.45) is 0 Å². The molecule has 144 valence electrons. The van der Waals surface area contributed by atoms with Crippen LogP contribution in [0.4, 0.5) is 5.69 Å². The average Bonchev–Trinajstić information content (AvgIpc) is 2.63. The Morgan fingerprint density at radius 3 is 2.38 bits per heavy atom. The van der Waals surface area contributed by atoms with E-state index < -0.39 is 0 Å². The van der Waals surface area contributed by atoms with E-state index in [-0.39, 0.29) is 5.56 Å². The molecule has 0 radical (unpaired) electrons. The van der Waals surface area contributed by atoms with E-state index in [0.29, 0.717) is 24.7 Å². The van der Waals surface area contributed by atoms with Gasteiger partial charge in [0.15, 0.2) is 5.75 Å². The van der Waals surface area contributed by atoms with Gasteiger partial charge in [0.05, 0.1) is 18.7 Å². The molecule has 0 aliphatic carbocycles. The zero-order chi connectivity index (χ0) is 18.8. The first-order chi connectivity index (χ1) is 12.7. The van der Waals surface area contributed by atoms with Gasteiger partial charge in [0, 0.05) is 17.6 Å². The molecule has 2 N–H and O–H groups in total. The Bertz CT molecular complexity index is 740. The quantitative estimate of drug-likeness (QED) is 0.517. The van der Waals surface area contributed by atoms with Gasteiger partial charge in [0.1, 0.15) is 0 Å². The predicted octanol–water partition coefficient (Wildman–Crippen LogP) is 5.10. The highest BCUT2D eigenvalue weighted by Gasteiger charge is 2.16.